The number of halogens is 1. The van der Waals surface area contributed by atoms with Crippen molar-refractivity contribution in [3.8, 4) is 5.82 Å². The zero-order chi connectivity index (χ0) is 17.3. The molecule has 0 aliphatic carbocycles. The highest BCUT2D eigenvalue weighted by Crippen LogP contribution is 2.27. The fraction of sp³-hybridized carbons (Fsp3) is 0.222. The van der Waals surface area contributed by atoms with Gasteiger partial charge in [-0.2, -0.15) is 5.10 Å². The largest absolute Gasteiger partial charge is 0.463 e. The lowest BCUT2D eigenvalue weighted by atomic mass is 10.2. The van der Waals surface area contributed by atoms with Crippen LogP contribution in [0.25, 0.3) is 22.8 Å². The Morgan fingerprint density at radius 1 is 1.38 bits per heavy atom. The molecule has 0 aliphatic rings. The van der Waals surface area contributed by atoms with Gasteiger partial charge in [-0.3, -0.25) is 4.68 Å². The van der Waals surface area contributed by atoms with E-state index in [0.717, 1.165) is 28.0 Å². The lowest BCUT2D eigenvalue weighted by molar-refractivity contribution is -0.137. The molecule has 0 spiro atoms. The first kappa shape index (κ1) is 16.3. The zero-order valence-corrected chi connectivity index (χ0v) is 14.5. The molecule has 0 saturated heterocycles. The molecule has 0 bridgehead atoms. The van der Waals surface area contributed by atoms with E-state index in [9.17, 15) is 4.79 Å². The quantitative estimate of drug-likeness (QED) is 0.533. The summed E-state index contributed by atoms with van der Waals surface area (Å²) in [6, 6.07) is 7.75. The predicted molar refractivity (Wildman–Crippen MR) is 95.5 cm³/mol. The molecule has 1 aromatic carbocycles. The number of benzene rings is 1. The molecule has 3 rings (SSSR count). The number of fused-ring (bicyclic) bond motifs is 1. The van der Waals surface area contributed by atoms with E-state index in [1.807, 2.05) is 49.0 Å². The number of nitrogens with zero attached hydrogens (tertiary/aromatic N) is 3. The van der Waals surface area contributed by atoms with Gasteiger partial charge in [0, 0.05) is 35.3 Å². The van der Waals surface area contributed by atoms with Crippen LogP contribution in [-0.2, 0) is 16.6 Å². The second-order valence-electron chi connectivity index (χ2n) is 5.42. The normalized spacial score (nSPS) is 11.5. The first-order valence-electron chi connectivity index (χ1n) is 7.66. The van der Waals surface area contributed by atoms with Gasteiger partial charge in [0.2, 0.25) is 0 Å². The topological polar surface area (TPSA) is 49.0 Å². The summed E-state index contributed by atoms with van der Waals surface area (Å²) in [7, 11) is 1.88. The minimum Gasteiger partial charge on any atom is -0.463 e. The molecule has 0 radical (unpaired) electrons. The van der Waals surface area contributed by atoms with Crippen molar-refractivity contribution < 1.29 is 9.53 Å². The molecule has 124 valence electrons. The van der Waals surface area contributed by atoms with E-state index in [-0.39, 0.29) is 5.97 Å². The Labute approximate surface area is 145 Å². The second kappa shape index (κ2) is 6.53. The van der Waals surface area contributed by atoms with Crippen LogP contribution in [0.4, 0.5) is 0 Å². The van der Waals surface area contributed by atoms with Crippen molar-refractivity contribution in [1.29, 1.82) is 0 Å². The fourth-order valence-corrected chi connectivity index (χ4v) is 2.96. The van der Waals surface area contributed by atoms with Crippen LogP contribution in [0.5, 0.6) is 0 Å². The summed E-state index contributed by atoms with van der Waals surface area (Å²) in [5, 5.41) is 6.22. The third-order valence-electron chi connectivity index (χ3n) is 3.79. The van der Waals surface area contributed by atoms with E-state index in [1.165, 1.54) is 6.08 Å². The van der Waals surface area contributed by atoms with Gasteiger partial charge in [0.05, 0.1) is 17.8 Å². The van der Waals surface area contributed by atoms with Gasteiger partial charge in [0.25, 0.3) is 0 Å². The van der Waals surface area contributed by atoms with E-state index in [0.29, 0.717) is 11.6 Å². The van der Waals surface area contributed by atoms with E-state index >= 15 is 0 Å². The smallest absolute Gasteiger partial charge is 0.330 e. The molecule has 2 aromatic heterocycles. The third kappa shape index (κ3) is 2.95. The van der Waals surface area contributed by atoms with Gasteiger partial charge in [-0.1, -0.05) is 11.6 Å². The van der Waals surface area contributed by atoms with Gasteiger partial charge in [0.15, 0.2) is 0 Å². The van der Waals surface area contributed by atoms with Crippen LogP contribution in [0.1, 0.15) is 18.2 Å². The van der Waals surface area contributed by atoms with E-state index in [1.54, 1.807) is 17.7 Å². The molecule has 0 amide bonds. The Balaban J connectivity index is 2.12. The van der Waals surface area contributed by atoms with E-state index < -0.39 is 0 Å². The predicted octanol–water partition coefficient (Wildman–Crippen LogP) is 3.90. The van der Waals surface area contributed by atoms with Crippen LogP contribution in [0.2, 0.25) is 5.02 Å². The third-order valence-corrected chi connectivity index (χ3v) is 4.03. The number of carbonyl (C=O) groups is 1. The van der Waals surface area contributed by atoms with Crippen molar-refractivity contribution in [1.82, 2.24) is 14.3 Å². The van der Waals surface area contributed by atoms with Crippen LogP contribution in [-0.4, -0.2) is 26.9 Å². The SMILES string of the molecule is CCOC(=O)/C=C/c1c(C)nn(C)c1-n1ccc2cc(Cl)ccc21. The van der Waals surface area contributed by atoms with Gasteiger partial charge in [-0.05, 0) is 44.2 Å². The molecule has 2 heterocycles. The Bertz CT molecular complexity index is 937. The van der Waals surface area contributed by atoms with Crippen LogP contribution < -0.4 is 0 Å². The van der Waals surface area contributed by atoms with Gasteiger partial charge in [-0.15, -0.1) is 0 Å². The number of aryl methyl sites for hydroxylation is 2. The first-order valence-corrected chi connectivity index (χ1v) is 8.04. The summed E-state index contributed by atoms with van der Waals surface area (Å²) in [5.74, 6) is 0.515. The van der Waals surface area contributed by atoms with Crippen molar-refractivity contribution in [3.05, 3.63) is 52.8 Å². The summed E-state index contributed by atoms with van der Waals surface area (Å²) in [6.45, 7) is 4.05. The molecule has 0 fully saturated rings. The van der Waals surface area contributed by atoms with E-state index in [4.69, 9.17) is 16.3 Å². The zero-order valence-electron chi connectivity index (χ0n) is 13.8. The van der Waals surface area contributed by atoms with Crippen molar-refractivity contribution in [2.75, 3.05) is 6.61 Å². The number of carbonyl (C=O) groups excluding carboxylic acids is 1. The lowest BCUT2D eigenvalue weighted by Gasteiger charge is -2.08. The molecule has 0 N–H and O–H groups in total. The Morgan fingerprint density at radius 2 is 2.17 bits per heavy atom. The van der Waals surface area contributed by atoms with Crippen LogP contribution >= 0.6 is 11.6 Å². The Kier molecular flexibility index (Phi) is 4.44. The molecule has 6 heteroatoms. The maximum Gasteiger partial charge on any atom is 0.330 e. The Morgan fingerprint density at radius 3 is 2.92 bits per heavy atom. The molecule has 0 aliphatic heterocycles. The second-order valence-corrected chi connectivity index (χ2v) is 5.86. The van der Waals surface area contributed by atoms with Crippen LogP contribution in [0.3, 0.4) is 0 Å². The average molecular weight is 344 g/mol. The minimum absolute atomic E-state index is 0.352. The maximum absolute atomic E-state index is 11.6. The number of hydrogen-bond donors (Lipinski definition) is 0. The minimum atomic E-state index is -0.365. The molecule has 3 aromatic rings. The number of hydrogen-bond acceptors (Lipinski definition) is 3. The highest BCUT2D eigenvalue weighted by molar-refractivity contribution is 6.31. The molecule has 0 atom stereocenters. The van der Waals surface area contributed by atoms with Crippen molar-refractivity contribution in [3.63, 3.8) is 0 Å². The first-order chi connectivity index (χ1) is 11.5. The number of aromatic nitrogens is 3. The lowest BCUT2D eigenvalue weighted by Crippen LogP contribution is -2.03. The molecule has 5 nitrogen and oxygen atoms in total. The molecular weight excluding hydrogens is 326 g/mol. The summed E-state index contributed by atoms with van der Waals surface area (Å²) >= 11 is 6.07. The molecule has 24 heavy (non-hydrogen) atoms. The van der Waals surface area contributed by atoms with Crippen LogP contribution in [0.15, 0.2) is 36.5 Å². The van der Waals surface area contributed by atoms with Crippen molar-refractivity contribution in [2.24, 2.45) is 7.05 Å². The Hall–Kier alpha value is -2.53. The van der Waals surface area contributed by atoms with Crippen LogP contribution in [0, 0.1) is 6.92 Å². The summed E-state index contributed by atoms with van der Waals surface area (Å²) in [5.41, 5.74) is 2.73. The highest BCUT2D eigenvalue weighted by Gasteiger charge is 2.15. The van der Waals surface area contributed by atoms with Gasteiger partial charge in [0.1, 0.15) is 5.82 Å². The van der Waals surface area contributed by atoms with Crippen molar-refractivity contribution in [2.45, 2.75) is 13.8 Å². The fourth-order valence-electron chi connectivity index (χ4n) is 2.78. The van der Waals surface area contributed by atoms with Crippen molar-refractivity contribution >= 4 is 34.5 Å². The number of esters is 1. The van der Waals surface area contributed by atoms with Gasteiger partial charge >= 0.3 is 5.97 Å². The monoisotopic (exact) mass is 343 g/mol. The van der Waals surface area contributed by atoms with Gasteiger partial charge in [-0.25, -0.2) is 4.79 Å². The van der Waals surface area contributed by atoms with Gasteiger partial charge < -0.3 is 9.30 Å². The number of ether oxygens (including phenoxy) is 1. The molecule has 0 saturated carbocycles. The maximum atomic E-state index is 11.6. The summed E-state index contributed by atoms with van der Waals surface area (Å²) in [4.78, 5) is 11.6. The average Bonchev–Trinajstić information content (AvgIpc) is 3.05. The summed E-state index contributed by atoms with van der Waals surface area (Å²) in [6.07, 6.45) is 5.15. The van der Waals surface area contributed by atoms with E-state index in [2.05, 4.69) is 5.10 Å². The highest BCUT2D eigenvalue weighted by atomic mass is 35.5. The molecular formula is C18H18ClN3O2. The molecule has 0 unspecified atom stereocenters. The summed E-state index contributed by atoms with van der Waals surface area (Å²) < 4.78 is 8.79. The standard InChI is InChI=1S/C18H18ClN3O2/c1-4-24-17(23)8-6-15-12(2)20-21(3)18(15)22-10-9-13-11-14(19)5-7-16(13)22/h5-11H,4H2,1-3H3/b8-6+. The number of rotatable bonds is 4.